The average molecular weight is 315 g/mol. The number of halogens is 1. The van der Waals surface area contributed by atoms with Crippen molar-refractivity contribution < 1.29 is 21.9 Å². The number of nitrogens with zero attached hydrogens (tertiary/aromatic N) is 2. The minimum atomic E-state index is -0.348. The molecule has 0 saturated carbocycles. The summed E-state index contributed by atoms with van der Waals surface area (Å²) in [5, 5.41) is 4.15. The van der Waals surface area contributed by atoms with Gasteiger partial charge in [0, 0.05) is 24.1 Å². The van der Waals surface area contributed by atoms with Gasteiger partial charge in [0.1, 0.15) is 17.9 Å². The van der Waals surface area contributed by atoms with Gasteiger partial charge in [0.15, 0.2) is 0 Å². The molecule has 0 radical (unpaired) electrons. The van der Waals surface area contributed by atoms with Crippen LogP contribution in [-0.4, -0.2) is 15.9 Å². The molecule has 0 saturated heterocycles. The van der Waals surface area contributed by atoms with E-state index < -0.39 is 0 Å². The van der Waals surface area contributed by atoms with E-state index in [-0.39, 0.29) is 18.4 Å². The Labute approximate surface area is 133 Å². The molecule has 1 N–H and O–H groups in total. The third kappa shape index (κ3) is 3.51. The second-order valence-corrected chi connectivity index (χ2v) is 4.49. The molecular formula is C16H13ClN3O2-. The largest absolute Gasteiger partial charge is 1.00 e. The van der Waals surface area contributed by atoms with Crippen molar-refractivity contribution in [2.24, 2.45) is 0 Å². The zero-order valence-electron chi connectivity index (χ0n) is 11.8. The summed E-state index contributed by atoms with van der Waals surface area (Å²) in [6, 6.07) is 14.9. The summed E-state index contributed by atoms with van der Waals surface area (Å²) in [5.74, 6) is 0.853. The summed E-state index contributed by atoms with van der Waals surface area (Å²) >= 11 is 0. The molecule has 2 aromatic carbocycles. The first-order valence-corrected chi connectivity index (χ1v) is 6.47. The Hall–Kier alpha value is -2.66. The van der Waals surface area contributed by atoms with Crippen LogP contribution in [0.25, 0.3) is 10.9 Å². The van der Waals surface area contributed by atoms with Gasteiger partial charge in [0.2, 0.25) is 0 Å². The predicted octanol–water partition coefficient (Wildman–Crippen LogP) is 0.303. The number of anilines is 2. The van der Waals surface area contributed by atoms with E-state index in [1.54, 1.807) is 12.1 Å². The summed E-state index contributed by atoms with van der Waals surface area (Å²) in [6.45, 7) is 1.37. The number of esters is 1. The lowest BCUT2D eigenvalue weighted by atomic mass is 10.2. The normalized spacial score (nSPS) is 9.86. The van der Waals surface area contributed by atoms with Gasteiger partial charge in [0.05, 0.1) is 5.52 Å². The first-order chi connectivity index (χ1) is 10.2. The number of aromatic nitrogens is 2. The topological polar surface area (TPSA) is 64.1 Å². The number of hydrogen-bond acceptors (Lipinski definition) is 5. The quantitative estimate of drug-likeness (QED) is 0.556. The van der Waals surface area contributed by atoms with Gasteiger partial charge in [-0.25, -0.2) is 9.97 Å². The molecular weight excluding hydrogens is 302 g/mol. The van der Waals surface area contributed by atoms with Crippen LogP contribution in [0.2, 0.25) is 0 Å². The van der Waals surface area contributed by atoms with Gasteiger partial charge in [-0.3, -0.25) is 4.79 Å². The number of fused-ring (bicyclic) bond motifs is 1. The van der Waals surface area contributed by atoms with E-state index in [0.29, 0.717) is 11.6 Å². The average Bonchev–Trinajstić information content (AvgIpc) is 2.47. The fraction of sp³-hybridized carbons (Fsp3) is 0.0625. The molecule has 0 aliphatic carbocycles. The van der Waals surface area contributed by atoms with Crippen molar-refractivity contribution >= 4 is 28.4 Å². The molecule has 5 nitrogen and oxygen atoms in total. The van der Waals surface area contributed by atoms with Crippen LogP contribution in [0.5, 0.6) is 5.75 Å². The number of rotatable bonds is 3. The minimum absolute atomic E-state index is 0. The summed E-state index contributed by atoms with van der Waals surface area (Å²) < 4.78 is 5.07. The molecule has 0 fully saturated rings. The molecule has 112 valence electrons. The molecule has 0 amide bonds. The highest BCUT2D eigenvalue weighted by Crippen LogP contribution is 2.24. The second-order valence-electron chi connectivity index (χ2n) is 4.49. The summed E-state index contributed by atoms with van der Waals surface area (Å²) in [5.41, 5.74) is 1.66. The molecule has 6 heteroatoms. The number of nitrogens with one attached hydrogen (secondary N) is 1. The van der Waals surface area contributed by atoms with E-state index in [4.69, 9.17) is 4.74 Å². The minimum Gasteiger partial charge on any atom is -1.00 e. The Balaban J connectivity index is 0.00000176. The number of carbonyl (C=O) groups is 1. The highest BCUT2D eigenvalue weighted by atomic mass is 35.5. The zero-order chi connectivity index (χ0) is 14.7. The molecule has 1 aromatic heterocycles. The SMILES string of the molecule is CC(=O)Oc1cccc(Nc2ncnc3ccccc23)c1.[Cl-]. The first kappa shape index (κ1) is 15.7. The third-order valence-corrected chi connectivity index (χ3v) is 2.90. The van der Waals surface area contributed by atoms with Gasteiger partial charge < -0.3 is 22.5 Å². The standard InChI is InChI=1S/C16H13N3O2.ClH/c1-11(20)21-13-6-4-5-12(9-13)19-16-14-7-2-3-8-15(14)17-10-18-16;/h2-10H,1H3,(H,17,18,19);1H/p-1. The Bertz CT molecular complexity index is 803. The fourth-order valence-corrected chi connectivity index (χ4v) is 2.04. The Morgan fingerprint density at radius 1 is 1.09 bits per heavy atom. The van der Waals surface area contributed by atoms with Gasteiger partial charge in [0.25, 0.3) is 0 Å². The molecule has 0 aliphatic heterocycles. The van der Waals surface area contributed by atoms with Crippen molar-refractivity contribution in [2.75, 3.05) is 5.32 Å². The lowest BCUT2D eigenvalue weighted by Gasteiger charge is -2.09. The summed E-state index contributed by atoms with van der Waals surface area (Å²) in [4.78, 5) is 19.5. The van der Waals surface area contributed by atoms with Crippen molar-refractivity contribution in [1.82, 2.24) is 9.97 Å². The van der Waals surface area contributed by atoms with Crippen LogP contribution >= 0.6 is 0 Å². The van der Waals surface area contributed by atoms with Crippen LogP contribution in [0.3, 0.4) is 0 Å². The van der Waals surface area contributed by atoms with Crippen LogP contribution in [0.15, 0.2) is 54.9 Å². The molecule has 0 spiro atoms. The summed E-state index contributed by atoms with van der Waals surface area (Å²) in [7, 11) is 0. The molecule has 0 bridgehead atoms. The zero-order valence-corrected chi connectivity index (χ0v) is 12.5. The number of carbonyl (C=O) groups excluding carboxylic acids is 1. The van der Waals surface area contributed by atoms with E-state index >= 15 is 0 Å². The van der Waals surface area contributed by atoms with Crippen LogP contribution in [0.4, 0.5) is 11.5 Å². The predicted molar refractivity (Wildman–Crippen MR) is 80.6 cm³/mol. The van der Waals surface area contributed by atoms with Gasteiger partial charge in [-0.05, 0) is 24.3 Å². The molecule has 3 rings (SSSR count). The number of ether oxygens (including phenoxy) is 1. The monoisotopic (exact) mass is 314 g/mol. The van der Waals surface area contributed by atoms with Crippen LogP contribution in [0.1, 0.15) is 6.92 Å². The number of benzene rings is 2. The first-order valence-electron chi connectivity index (χ1n) is 6.47. The van der Waals surface area contributed by atoms with Crippen molar-refractivity contribution in [1.29, 1.82) is 0 Å². The Kier molecular flexibility index (Phi) is 4.91. The fourth-order valence-electron chi connectivity index (χ4n) is 2.04. The third-order valence-electron chi connectivity index (χ3n) is 2.90. The lowest BCUT2D eigenvalue weighted by Crippen LogP contribution is -3.00. The lowest BCUT2D eigenvalue weighted by molar-refractivity contribution is -0.131. The van der Waals surface area contributed by atoms with Gasteiger partial charge >= 0.3 is 5.97 Å². The van der Waals surface area contributed by atoms with E-state index in [9.17, 15) is 4.79 Å². The molecule has 0 atom stereocenters. The van der Waals surface area contributed by atoms with E-state index in [2.05, 4.69) is 15.3 Å². The Morgan fingerprint density at radius 2 is 1.91 bits per heavy atom. The van der Waals surface area contributed by atoms with E-state index in [1.165, 1.54) is 13.3 Å². The molecule has 22 heavy (non-hydrogen) atoms. The van der Waals surface area contributed by atoms with Crippen molar-refractivity contribution in [3.05, 3.63) is 54.9 Å². The molecule has 0 unspecified atom stereocenters. The van der Waals surface area contributed by atoms with Gasteiger partial charge in [-0.2, -0.15) is 0 Å². The number of hydrogen-bond donors (Lipinski definition) is 1. The van der Waals surface area contributed by atoms with Crippen LogP contribution in [-0.2, 0) is 4.79 Å². The van der Waals surface area contributed by atoms with Crippen molar-refractivity contribution in [3.8, 4) is 5.75 Å². The molecule has 1 heterocycles. The summed E-state index contributed by atoms with van der Waals surface area (Å²) in [6.07, 6.45) is 1.51. The highest BCUT2D eigenvalue weighted by molar-refractivity contribution is 5.90. The maximum atomic E-state index is 11.0. The van der Waals surface area contributed by atoms with Crippen molar-refractivity contribution in [2.45, 2.75) is 6.92 Å². The van der Waals surface area contributed by atoms with Crippen molar-refractivity contribution in [3.63, 3.8) is 0 Å². The maximum absolute atomic E-state index is 11.0. The second kappa shape index (κ2) is 6.87. The van der Waals surface area contributed by atoms with E-state index in [1.807, 2.05) is 36.4 Å². The van der Waals surface area contributed by atoms with Crippen LogP contribution in [0, 0.1) is 0 Å². The number of para-hydroxylation sites is 1. The molecule has 3 aromatic rings. The van der Waals surface area contributed by atoms with Gasteiger partial charge in [-0.15, -0.1) is 0 Å². The highest BCUT2D eigenvalue weighted by Gasteiger charge is 2.05. The van der Waals surface area contributed by atoms with Crippen LogP contribution < -0.4 is 22.5 Å². The smallest absolute Gasteiger partial charge is 0.308 e. The molecule has 0 aliphatic rings. The maximum Gasteiger partial charge on any atom is 0.308 e. The van der Waals surface area contributed by atoms with Gasteiger partial charge in [-0.1, -0.05) is 18.2 Å². The Morgan fingerprint density at radius 3 is 2.73 bits per heavy atom. The van der Waals surface area contributed by atoms with E-state index in [0.717, 1.165) is 16.6 Å².